The number of carboxylic acids is 1. The van der Waals surface area contributed by atoms with Crippen molar-refractivity contribution >= 4 is 11.9 Å². The summed E-state index contributed by atoms with van der Waals surface area (Å²) in [5.74, 6) is -1.47. The van der Waals surface area contributed by atoms with Crippen LogP contribution in [-0.4, -0.2) is 57.7 Å². The highest BCUT2D eigenvalue weighted by atomic mass is 16.6. The first-order valence-corrected chi connectivity index (χ1v) is 13.6. The number of unbranched alkanes of at least 4 members (excludes halogenated alkanes) is 2. The molecule has 8 nitrogen and oxygen atoms in total. The average molecular weight is 534 g/mol. The number of aliphatic carboxylic acids is 1. The molecule has 3 rings (SSSR count). The van der Waals surface area contributed by atoms with Crippen LogP contribution in [0, 0.1) is 13.8 Å². The summed E-state index contributed by atoms with van der Waals surface area (Å²) in [5, 5.41) is 10.6. The van der Waals surface area contributed by atoms with Crippen LogP contribution in [0.25, 0.3) is 0 Å². The molecular formula is C31H39N3O5. The van der Waals surface area contributed by atoms with Crippen molar-refractivity contribution in [2.45, 2.75) is 65.1 Å². The van der Waals surface area contributed by atoms with Crippen molar-refractivity contribution in [1.29, 1.82) is 0 Å². The lowest BCUT2D eigenvalue weighted by atomic mass is 9.81. The van der Waals surface area contributed by atoms with E-state index in [9.17, 15) is 14.7 Å². The molecule has 0 radical (unpaired) electrons. The van der Waals surface area contributed by atoms with E-state index < -0.39 is 17.7 Å². The molecule has 3 aromatic rings. The molecule has 0 aliphatic carbocycles. The van der Waals surface area contributed by atoms with Gasteiger partial charge in [-0.3, -0.25) is 4.79 Å². The van der Waals surface area contributed by atoms with Crippen molar-refractivity contribution in [3.63, 3.8) is 0 Å². The van der Waals surface area contributed by atoms with Crippen molar-refractivity contribution in [2.24, 2.45) is 0 Å². The van der Waals surface area contributed by atoms with E-state index in [2.05, 4.69) is 23.8 Å². The van der Waals surface area contributed by atoms with Gasteiger partial charge in [0.15, 0.2) is 5.60 Å². The Labute approximate surface area is 231 Å². The molecule has 0 spiro atoms. The van der Waals surface area contributed by atoms with Gasteiger partial charge < -0.3 is 19.5 Å². The molecule has 0 saturated heterocycles. The molecule has 0 fully saturated rings. The third-order valence-corrected chi connectivity index (χ3v) is 6.52. The van der Waals surface area contributed by atoms with Crippen LogP contribution in [0.1, 0.15) is 62.0 Å². The molecule has 1 unspecified atom stereocenters. The Morgan fingerprint density at radius 3 is 1.79 bits per heavy atom. The van der Waals surface area contributed by atoms with E-state index >= 15 is 0 Å². The minimum atomic E-state index is -1.67. The maximum absolute atomic E-state index is 13.5. The zero-order valence-corrected chi connectivity index (χ0v) is 23.3. The number of ether oxygens (including phenoxy) is 2. The van der Waals surface area contributed by atoms with Crippen molar-refractivity contribution in [1.82, 2.24) is 14.9 Å². The van der Waals surface area contributed by atoms with Gasteiger partial charge in [-0.05, 0) is 43.9 Å². The Morgan fingerprint density at radius 1 is 0.872 bits per heavy atom. The van der Waals surface area contributed by atoms with E-state index in [0.29, 0.717) is 35.6 Å². The predicted molar refractivity (Wildman–Crippen MR) is 150 cm³/mol. The number of benzene rings is 2. The smallest absolute Gasteiger partial charge is 0.348 e. The second-order valence-electron chi connectivity index (χ2n) is 9.61. The Balaban J connectivity index is 2.12. The van der Waals surface area contributed by atoms with Crippen LogP contribution in [0.2, 0.25) is 0 Å². The number of carboxylic acid groups (broad SMARTS) is 1. The molecule has 1 heterocycles. The summed E-state index contributed by atoms with van der Waals surface area (Å²) in [6.07, 6.45) is 2.07. The molecule has 0 bridgehead atoms. The van der Waals surface area contributed by atoms with Gasteiger partial charge in [0.05, 0.1) is 0 Å². The molecule has 39 heavy (non-hydrogen) atoms. The standard InChI is InChI=1S/C31H39N3O5/c1-5-7-19-34(20-8-6-2)27(35)22-38-31(25-15-11-9-12-16-25,26-17-13-10-14-18-26)28(29(36)37)39-30-32-23(3)21-24(4)33-30/h9-18,21,28H,5-8,19-20,22H2,1-4H3,(H,36,37). The fraction of sp³-hybridized carbons (Fsp3) is 0.419. The molecule has 1 aromatic heterocycles. The van der Waals surface area contributed by atoms with Gasteiger partial charge in [0.1, 0.15) is 6.61 Å². The third-order valence-electron chi connectivity index (χ3n) is 6.52. The lowest BCUT2D eigenvalue weighted by Crippen LogP contribution is -2.52. The number of carbonyl (C=O) groups is 2. The molecule has 0 aliphatic heterocycles. The van der Waals surface area contributed by atoms with E-state index in [0.717, 1.165) is 25.7 Å². The number of aromatic nitrogens is 2. The van der Waals surface area contributed by atoms with Crippen molar-refractivity contribution in [2.75, 3.05) is 19.7 Å². The molecule has 208 valence electrons. The first kappa shape index (κ1) is 29.8. The van der Waals surface area contributed by atoms with Crippen molar-refractivity contribution in [3.05, 3.63) is 89.2 Å². The summed E-state index contributed by atoms with van der Waals surface area (Å²) in [7, 11) is 0. The van der Waals surface area contributed by atoms with Gasteiger partial charge in [-0.2, -0.15) is 0 Å². The summed E-state index contributed by atoms with van der Waals surface area (Å²) >= 11 is 0. The highest BCUT2D eigenvalue weighted by molar-refractivity contribution is 5.79. The van der Waals surface area contributed by atoms with Gasteiger partial charge in [0, 0.05) is 24.5 Å². The van der Waals surface area contributed by atoms with Crippen LogP contribution < -0.4 is 4.74 Å². The van der Waals surface area contributed by atoms with Crippen molar-refractivity contribution < 1.29 is 24.2 Å². The normalized spacial score (nSPS) is 12.1. The zero-order valence-electron chi connectivity index (χ0n) is 23.3. The fourth-order valence-corrected chi connectivity index (χ4v) is 4.57. The Kier molecular flexibility index (Phi) is 11.0. The summed E-state index contributed by atoms with van der Waals surface area (Å²) in [6, 6.07) is 19.7. The predicted octanol–water partition coefficient (Wildman–Crippen LogP) is 5.31. The van der Waals surface area contributed by atoms with E-state index in [1.54, 1.807) is 73.3 Å². The number of nitrogens with zero attached hydrogens (tertiary/aromatic N) is 3. The van der Waals surface area contributed by atoms with Crippen LogP contribution in [0.4, 0.5) is 0 Å². The van der Waals surface area contributed by atoms with Crippen LogP contribution in [0.15, 0.2) is 66.7 Å². The van der Waals surface area contributed by atoms with E-state index in [1.165, 1.54) is 0 Å². The minimum Gasteiger partial charge on any atom is -0.478 e. The summed E-state index contributed by atoms with van der Waals surface area (Å²) in [5.41, 5.74) is 0.686. The molecule has 2 aromatic carbocycles. The number of amides is 1. The van der Waals surface area contributed by atoms with Gasteiger partial charge in [-0.1, -0.05) is 87.4 Å². The number of carbonyl (C=O) groups excluding carboxylic acids is 1. The fourth-order valence-electron chi connectivity index (χ4n) is 4.57. The van der Waals surface area contributed by atoms with Crippen LogP contribution in [-0.2, 0) is 19.9 Å². The molecule has 1 atom stereocenters. The minimum absolute atomic E-state index is 0.0708. The second-order valence-corrected chi connectivity index (χ2v) is 9.61. The van der Waals surface area contributed by atoms with Gasteiger partial charge >= 0.3 is 12.0 Å². The molecule has 8 heteroatoms. The summed E-state index contributed by atoms with van der Waals surface area (Å²) in [4.78, 5) is 36.9. The molecule has 1 amide bonds. The van der Waals surface area contributed by atoms with Gasteiger partial charge in [-0.15, -0.1) is 0 Å². The lowest BCUT2D eigenvalue weighted by Gasteiger charge is -2.39. The maximum Gasteiger partial charge on any atom is 0.348 e. The lowest BCUT2D eigenvalue weighted by molar-refractivity contribution is -0.169. The molecule has 0 saturated carbocycles. The van der Waals surface area contributed by atoms with E-state index in [-0.39, 0.29) is 18.5 Å². The average Bonchev–Trinajstić information content (AvgIpc) is 2.93. The van der Waals surface area contributed by atoms with Crippen LogP contribution in [0.3, 0.4) is 0 Å². The van der Waals surface area contributed by atoms with E-state index in [1.807, 2.05) is 12.1 Å². The molecular weight excluding hydrogens is 494 g/mol. The number of hydrogen-bond acceptors (Lipinski definition) is 6. The first-order chi connectivity index (χ1) is 18.8. The van der Waals surface area contributed by atoms with Crippen molar-refractivity contribution in [3.8, 4) is 6.01 Å². The van der Waals surface area contributed by atoms with Crippen LogP contribution >= 0.6 is 0 Å². The Morgan fingerprint density at radius 2 is 1.36 bits per heavy atom. The van der Waals surface area contributed by atoms with Gasteiger partial charge in [-0.25, -0.2) is 14.8 Å². The molecule has 0 aliphatic rings. The summed E-state index contributed by atoms with van der Waals surface area (Å²) in [6.45, 7) is 8.66. The SMILES string of the molecule is CCCCN(CCCC)C(=O)COC(c1ccccc1)(c1ccccc1)C(Oc1nc(C)cc(C)n1)C(=O)O. The highest BCUT2D eigenvalue weighted by Crippen LogP contribution is 2.39. The number of aryl methyl sites for hydroxylation is 2. The maximum atomic E-state index is 13.5. The second kappa shape index (κ2) is 14.4. The largest absolute Gasteiger partial charge is 0.478 e. The van der Waals surface area contributed by atoms with Gasteiger partial charge in [0.2, 0.25) is 12.0 Å². The highest BCUT2D eigenvalue weighted by Gasteiger charge is 2.50. The van der Waals surface area contributed by atoms with E-state index in [4.69, 9.17) is 9.47 Å². The first-order valence-electron chi connectivity index (χ1n) is 13.6. The topological polar surface area (TPSA) is 102 Å². The van der Waals surface area contributed by atoms with Gasteiger partial charge in [0.25, 0.3) is 0 Å². The Bertz CT molecular complexity index is 1140. The summed E-state index contributed by atoms with van der Waals surface area (Å²) < 4.78 is 12.6. The third kappa shape index (κ3) is 7.63. The van der Waals surface area contributed by atoms with Crippen LogP contribution in [0.5, 0.6) is 6.01 Å². The monoisotopic (exact) mass is 533 g/mol. The number of rotatable bonds is 15. The zero-order chi connectivity index (χ0) is 28.3. The Hall–Kier alpha value is -3.78. The molecule has 1 N–H and O–H groups in total. The quantitative estimate of drug-likeness (QED) is 0.282. The number of hydrogen-bond donors (Lipinski definition) is 1.